The Kier molecular flexibility index (Phi) is 3.96. The molecule has 0 saturated carbocycles. The minimum Gasteiger partial charge on any atom is -0.321 e. The molecule has 88 valence electrons. The maximum Gasteiger partial charge on any atom is 0.265 e. The molecule has 2 aromatic rings. The van der Waals surface area contributed by atoms with Gasteiger partial charge in [0.2, 0.25) is 0 Å². The molecule has 0 spiro atoms. The average molecular weight is 379 g/mol. The van der Waals surface area contributed by atoms with Crippen LogP contribution >= 0.6 is 43.2 Å². The Labute approximate surface area is 118 Å². The van der Waals surface area contributed by atoms with Gasteiger partial charge in [-0.25, -0.2) is 4.39 Å². The third kappa shape index (κ3) is 3.14. The highest BCUT2D eigenvalue weighted by molar-refractivity contribution is 9.13. The average Bonchev–Trinajstić information content (AvgIpc) is 2.59. The molecule has 1 heterocycles. The fourth-order valence-electron chi connectivity index (χ4n) is 1.22. The number of halogens is 3. The Morgan fingerprint density at radius 3 is 2.65 bits per heavy atom. The van der Waals surface area contributed by atoms with Crippen LogP contribution in [0.3, 0.4) is 0 Å². The molecule has 0 aliphatic carbocycles. The molecule has 0 unspecified atom stereocenters. The number of carbonyl (C=O) groups is 1. The van der Waals surface area contributed by atoms with Crippen molar-refractivity contribution in [3.8, 4) is 0 Å². The molecule has 0 aliphatic heterocycles. The zero-order valence-electron chi connectivity index (χ0n) is 8.34. The molecule has 2 rings (SSSR count). The molecule has 1 aromatic heterocycles. The summed E-state index contributed by atoms with van der Waals surface area (Å²) in [7, 11) is 0. The predicted molar refractivity (Wildman–Crippen MR) is 74.1 cm³/mol. The van der Waals surface area contributed by atoms with Crippen LogP contribution in [0.2, 0.25) is 0 Å². The van der Waals surface area contributed by atoms with Crippen molar-refractivity contribution in [3.05, 3.63) is 49.3 Å². The van der Waals surface area contributed by atoms with Gasteiger partial charge < -0.3 is 5.32 Å². The molecule has 0 aliphatic rings. The van der Waals surface area contributed by atoms with Crippen molar-refractivity contribution < 1.29 is 9.18 Å². The minimum absolute atomic E-state index is 0.257. The number of nitrogens with one attached hydrogen (secondary N) is 1. The van der Waals surface area contributed by atoms with Gasteiger partial charge in [-0.15, -0.1) is 11.3 Å². The summed E-state index contributed by atoms with van der Waals surface area (Å²) in [5.41, 5.74) is 0.440. The van der Waals surface area contributed by atoms with Gasteiger partial charge in [-0.2, -0.15) is 0 Å². The summed E-state index contributed by atoms with van der Waals surface area (Å²) in [6.45, 7) is 0. The van der Waals surface area contributed by atoms with Crippen LogP contribution < -0.4 is 5.32 Å². The van der Waals surface area contributed by atoms with E-state index in [4.69, 9.17) is 0 Å². The number of benzene rings is 1. The van der Waals surface area contributed by atoms with Crippen LogP contribution in [-0.4, -0.2) is 5.91 Å². The number of amides is 1. The van der Waals surface area contributed by atoms with E-state index in [0.29, 0.717) is 10.6 Å². The highest BCUT2D eigenvalue weighted by Gasteiger charge is 2.12. The molecule has 0 radical (unpaired) electrons. The Balaban J connectivity index is 2.17. The molecule has 1 aromatic carbocycles. The first kappa shape index (κ1) is 12.7. The van der Waals surface area contributed by atoms with Gasteiger partial charge >= 0.3 is 0 Å². The molecular formula is C11H6Br2FNOS. The maximum atomic E-state index is 12.9. The lowest BCUT2D eigenvalue weighted by molar-refractivity contribution is 0.103. The summed E-state index contributed by atoms with van der Waals surface area (Å²) in [5.74, 6) is -0.636. The Hall–Kier alpha value is -0.720. The minimum atomic E-state index is -0.378. The van der Waals surface area contributed by atoms with E-state index in [1.807, 2.05) is 0 Å². The van der Waals surface area contributed by atoms with E-state index in [9.17, 15) is 9.18 Å². The van der Waals surface area contributed by atoms with Gasteiger partial charge in [0.15, 0.2) is 0 Å². The van der Waals surface area contributed by atoms with E-state index in [1.54, 1.807) is 18.2 Å². The number of anilines is 1. The first-order chi connectivity index (χ1) is 8.06. The Bertz CT molecular complexity index is 551. The molecule has 6 heteroatoms. The van der Waals surface area contributed by atoms with Crippen LogP contribution in [0.1, 0.15) is 9.67 Å². The van der Waals surface area contributed by atoms with Crippen LogP contribution in [0.5, 0.6) is 0 Å². The molecule has 2 nitrogen and oxygen atoms in total. The number of hydrogen-bond acceptors (Lipinski definition) is 2. The Morgan fingerprint density at radius 2 is 2.06 bits per heavy atom. The van der Waals surface area contributed by atoms with Crippen molar-refractivity contribution in [2.24, 2.45) is 0 Å². The number of thiophene rings is 1. The van der Waals surface area contributed by atoms with Crippen LogP contribution in [0, 0.1) is 5.82 Å². The summed E-state index contributed by atoms with van der Waals surface area (Å²) in [4.78, 5) is 12.4. The molecule has 0 saturated heterocycles. The van der Waals surface area contributed by atoms with Gasteiger partial charge in [0.25, 0.3) is 5.91 Å². The SMILES string of the molecule is O=C(Nc1cccc(F)c1)c1cc(Br)c(Br)s1. The lowest BCUT2D eigenvalue weighted by atomic mass is 10.3. The van der Waals surface area contributed by atoms with Gasteiger partial charge in [0.05, 0.1) is 8.66 Å². The van der Waals surface area contributed by atoms with Gasteiger partial charge in [-0.3, -0.25) is 4.79 Å². The van der Waals surface area contributed by atoms with E-state index in [0.717, 1.165) is 8.26 Å². The lowest BCUT2D eigenvalue weighted by Gasteiger charge is -2.02. The monoisotopic (exact) mass is 377 g/mol. The van der Waals surface area contributed by atoms with Crippen molar-refractivity contribution in [2.75, 3.05) is 5.32 Å². The largest absolute Gasteiger partial charge is 0.321 e. The summed E-state index contributed by atoms with van der Waals surface area (Å²) < 4.78 is 14.6. The van der Waals surface area contributed by atoms with Gasteiger partial charge in [0.1, 0.15) is 5.82 Å². The van der Waals surface area contributed by atoms with Crippen molar-refractivity contribution in [1.82, 2.24) is 0 Å². The van der Waals surface area contributed by atoms with Crippen molar-refractivity contribution in [3.63, 3.8) is 0 Å². The predicted octanol–water partition coefficient (Wildman–Crippen LogP) is 4.66. The quantitative estimate of drug-likeness (QED) is 0.808. The summed E-state index contributed by atoms with van der Waals surface area (Å²) in [5, 5.41) is 2.63. The molecule has 1 amide bonds. The van der Waals surface area contributed by atoms with Crippen LogP contribution in [0.15, 0.2) is 38.6 Å². The van der Waals surface area contributed by atoms with Gasteiger partial charge in [0, 0.05) is 10.2 Å². The zero-order valence-corrected chi connectivity index (χ0v) is 12.3. The summed E-state index contributed by atoms with van der Waals surface area (Å²) in [6.07, 6.45) is 0. The van der Waals surface area contributed by atoms with Crippen LogP contribution in [0.25, 0.3) is 0 Å². The molecular weight excluding hydrogens is 373 g/mol. The van der Waals surface area contributed by atoms with Crippen LogP contribution in [0.4, 0.5) is 10.1 Å². The molecule has 0 atom stereocenters. The maximum absolute atomic E-state index is 12.9. The first-order valence-electron chi connectivity index (χ1n) is 4.58. The highest BCUT2D eigenvalue weighted by Crippen LogP contribution is 2.32. The molecule has 17 heavy (non-hydrogen) atoms. The molecule has 0 bridgehead atoms. The fraction of sp³-hybridized carbons (Fsp3) is 0. The second-order valence-electron chi connectivity index (χ2n) is 3.20. The van der Waals surface area contributed by atoms with E-state index >= 15 is 0 Å². The normalized spacial score (nSPS) is 10.3. The second kappa shape index (κ2) is 5.29. The van der Waals surface area contributed by atoms with Crippen LogP contribution in [-0.2, 0) is 0 Å². The second-order valence-corrected chi connectivity index (χ2v) is 6.42. The number of hydrogen-bond donors (Lipinski definition) is 1. The van der Waals surface area contributed by atoms with Gasteiger partial charge in [-0.1, -0.05) is 6.07 Å². The third-order valence-electron chi connectivity index (χ3n) is 1.95. The van der Waals surface area contributed by atoms with E-state index < -0.39 is 0 Å². The van der Waals surface area contributed by atoms with E-state index in [1.165, 1.54) is 23.5 Å². The van der Waals surface area contributed by atoms with E-state index in [2.05, 4.69) is 37.2 Å². The highest BCUT2D eigenvalue weighted by atomic mass is 79.9. The summed E-state index contributed by atoms with van der Waals surface area (Å²) in [6, 6.07) is 7.50. The summed E-state index contributed by atoms with van der Waals surface area (Å²) >= 11 is 7.93. The van der Waals surface area contributed by atoms with Crippen molar-refractivity contribution in [1.29, 1.82) is 0 Å². The zero-order chi connectivity index (χ0) is 12.4. The number of carbonyl (C=O) groups excluding carboxylic acids is 1. The molecule has 1 N–H and O–H groups in total. The van der Waals surface area contributed by atoms with E-state index in [-0.39, 0.29) is 11.7 Å². The van der Waals surface area contributed by atoms with Crippen molar-refractivity contribution in [2.45, 2.75) is 0 Å². The first-order valence-corrected chi connectivity index (χ1v) is 6.98. The lowest BCUT2D eigenvalue weighted by Crippen LogP contribution is -2.10. The van der Waals surface area contributed by atoms with Crippen molar-refractivity contribution >= 4 is 54.8 Å². The molecule has 0 fully saturated rings. The Morgan fingerprint density at radius 1 is 1.29 bits per heavy atom. The number of rotatable bonds is 2. The fourth-order valence-corrected chi connectivity index (χ4v) is 3.15. The third-order valence-corrected chi connectivity index (χ3v) is 5.21. The standard InChI is InChI=1S/C11H6Br2FNOS/c12-8-5-9(17-10(8)13)11(16)15-7-3-1-2-6(14)4-7/h1-5H,(H,15,16). The smallest absolute Gasteiger partial charge is 0.265 e. The topological polar surface area (TPSA) is 29.1 Å². The van der Waals surface area contributed by atoms with Gasteiger partial charge in [-0.05, 0) is 56.1 Å².